The van der Waals surface area contributed by atoms with Crippen molar-refractivity contribution in [3.8, 4) is 56.4 Å². The van der Waals surface area contributed by atoms with Gasteiger partial charge in [0, 0.05) is 57.0 Å². The fourth-order valence-corrected chi connectivity index (χ4v) is 9.21. The van der Waals surface area contributed by atoms with Gasteiger partial charge in [0.15, 0.2) is 17.5 Å². The molecule has 50 heavy (non-hydrogen) atoms. The molecule has 234 valence electrons. The van der Waals surface area contributed by atoms with E-state index in [1.165, 1.54) is 62.6 Å². The van der Waals surface area contributed by atoms with Gasteiger partial charge in [-0.15, -0.1) is 22.7 Å². The minimum absolute atomic E-state index is 0.658. The molecule has 0 spiro atoms. The first-order valence-electron chi connectivity index (χ1n) is 16.6. The van der Waals surface area contributed by atoms with Gasteiger partial charge in [-0.1, -0.05) is 140 Å². The molecule has 7 aromatic carbocycles. The van der Waals surface area contributed by atoms with Crippen molar-refractivity contribution in [2.24, 2.45) is 0 Å². The standard InChI is InChI=1S/C45H27N3S2/c1-3-10-28(11-4-1)32-23-25-40-38(26-32)37-16-9-15-34(42(37)50-40)29-18-20-31(21-19-29)44-46-43(30-12-5-2-6-13-30)47-45(48-44)33-22-24-36-35-14-7-8-17-39(35)49-41(36)27-33/h1-27H. The summed E-state index contributed by atoms with van der Waals surface area (Å²) in [5.41, 5.74) is 7.77. The predicted molar refractivity (Wildman–Crippen MR) is 213 cm³/mol. The molecule has 0 amide bonds. The monoisotopic (exact) mass is 673 g/mol. The first kappa shape index (κ1) is 29.0. The summed E-state index contributed by atoms with van der Waals surface area (Å²) in [6.45, 7) is 0. The van der Waals surface area contributed by atoms with E-state index in [4.69, 9.17) is 15.0 Å². The number of aromatic nitrogens is 3. The van der Waals surface area contributed by atoms with Gasteiger partial charge >= 0.3 is 0 Å². The lowest BCUT2D eigenvalue weighted by atomic mass is 9.99. The van der Waals surface area contributed by atoms with Crippen LogP contribution < -0.4 is 0 Å². The highest BCUT2D eigenvalue weighted by Gasteiger charge is 2.16. The Bertz CT molecular complexity index is 2850. The molecule has 0 aliphatic rings. The third-order valence-electron chi connectivity index (χ3n) is 9.36. The molecule has 3 aromatic heterocycles. The lowest BCUT2D eigenvalue weighted by Gasteiger charge is -2.09. The number of thiophene rings is 2. The van der Waals surface area contributed by atoms with Crippen molar-refractivity contribution < 1.29 is 0 Å². The number of rotatable bonds is 5. The molecule has 0 aliphatic heterocycles. The molecule has 0 saturated carbocycles. The van der Waals surface area contributed by atoms with Crippen molar-refractivity contribution in [3.05, 3.63) is 164 Å². The molecule has 0 fully saturated rings. The van der Waals surface area contributed by atoms with Gasteiger partial charge in [0.25, 0.3) is 0 Å². The van der Waals surface area contributed by atoms with E-state index in [-0.39, 0.29) is 0 Å². The second-order valence-corrected chi connectivity index (χ2v) is 14.6. The number of nitrogens with zero attached hydrogens (tertiary/aromatic N) is 3. The Kier molecular flexibility index (Phi) is 6.86. The second-order valence-electron chi connectivity index (χ2n) is 12.4. The van der Waals surface area contributed by atoms with E-state index in [2.05, 4.69) is 146 Å². The minimum atomic E-state index is 0.658. The summed E-state index contributed by atoms with van der Waals surface area (Å²) < 4.78 is 5.10. The molecule has 0 saturated heterocycles. The Morgan fingerprint density at radius 3 is 1.64 bits per heavy atom. The van der Waals surface area contributed by atoms with Crippen LogP contribution in [0.2, 0.25) is 0 Å². The maximum atomic E-state index is 5.06. The van der Waals surface area contributed by atoms with Crippen molar-refractivity contribution in [1.29, 1.82) is 0 Å². The second kappa shape index (κ2) is 11.8. The molecule has 0 N–H and O–H groups in total. The minimum Gasteiger partial charge on any atom is -0.208 e. The van der Waals surface area contributed by atoms with Gasteiger partial charge in [-0.3, -0.25) is 0 Å². The summed E-state index contributed by atoms with van der Waals surface area (Å²) in [5.74, 6) is 1.99. The lowest BCUT2D eigenvalue weighted by molar-refractivity contribution is 1.07. The fraction of sp³-hybridized carbons (Fsp3) is 0. The van der Waals surface area contributed by atoms with E-state index >= 15 is 0 Å². The van der Waals surface area contributed by atoms with Crippen LogP contribution in [0, 0.1) is 0 Å². The highest BCUT2D eigenvalue weighted by atomic mass is 32.1. The quantitative estimate of drug-likeness (QED) is 0.182. The van der Waals surface area contributed by atoms with Gasteiger partial charge in [0.1, 0.15) is 0 Å². The third-order valence-corrected chi connectivity index (χ3v) is 11.7. The number of benzene rings is 7. The van der Waals surface area contributed by atoms with Gasteiger partial charge in [-0.25, -0.2) is 15.0 Å². The molecule has 10 aromatic rings. The van der Waals surface area contributed by atoms with Crippen molar-refractivity contribution in [3.63, 3.8) is 0 Å². The van der Waals surface area contributed by atoms with Crippen LogP contribution in [-0.2, 0) is 0 Å². The van der Waals surface area contributed by atoms with Crippen LogP contribution in [-0.4, -0.2) is 15.0 Å². The van der Waals surface area contributed by atoms with Gasteiger partial charge in [-0.2, -0.15) is 0 Å². The van der Waals surface area contributed by atoms with Gasteiger partial charge < -0.3 is 0 Å². The summed E-state index contributed by atoms with van der Waals surface area (Å²) in [5, 5.41) is 5.12. The predicted octanol–water partition coefficient (Wildman–Crippen LogP) is 12.9. The zero-order chi connectivity index (χ0) is 33.0. The van der Waals surface area contributed by atoms with Crippen molar-refractivity contribution in [2.75, 3.05) is 0 Å². The highest BCUT2D eigenvalue weighted by molar-refractivity contribution is 7.26. The van der Waals surface area contributed by atoms with Gasteiger partial charge in [0.2, 0.25) is 0 Å². The largest absolute Gasteiger partial charge is 0.208 e. The molecular formula is C45H27N3S2. The highest BCUT2D eigenvalue weighted by Crippen LogP contribution is 2.42. The Balaban J connectivity index is 1.06. The Hall–Kier alpha value is -6.01. The molecule has 0 radical (unpaired) electrons. The zero-order valence-electron chi connectivity index (χ0n) is 26.7. The molecule has 5 heteroatoms. The van der Waals surface area contributed by atoms with Crippen LogP contribution >= 0.6 is 22.7 Å². The summed E-state index contributed by atoms with van der Waals surface area (Å²) in [7, 11) is 0. The van der Waals surface area contributed by atoms with Crippen LogP contribution in [0.25, 0.3) is 96.8 Å². The molecule has 10 rings (SSSR count). The van der Waals surface area contributed by atoms with E-state index in [0.29, 0.717) is 17.5 Å². The molecule has 3 heterocycles. The molecule has 0 bridgehead atoms. The molecule has 0 atom stereocenters. The van der Waals surface area contributed by atoms with Crippen molar-refractivity contribution in [2.45, 2.75) is 0 Å². The van der Waals surface area contributed by atoms with Gasteiger partial charge in [-0.05, 0) is 46.5 Å². The van der Waals surface area contributed by atoms with Crippen molar-refractivity contribution in [1.82, 2.24) is 15.0 Å². The van der Waals surface area contributed by atoms with E-state index in [9.17, 15) is 0 Å². The van der Waals surface area contributed by atoms with E-state index < -0.39 is 0 Å². The molecular weight excluding hydrogens is 647 g/mol. The Morgan fingerprint density at radius 2 is 0.860 bits per heavy atom. The van der Waals surface area contributed by atoms with Gasteiger partial charge in [0.05, 0.1) is 0 Å². The first-order valence-corrected chi connectivity index (χ1v) is 18.2. The number of hydrogen-bond acceptors (Lipinski definition) is 5. The Labute approximate surface area is 296 Å². The zero-order valence-corrected chi connectivity index (χ0v) is 28.4. The van der Waals surface area contributed by atoms with Crippen LogP contribution in [0.4, 0.5) is 0 Å². The number of fused-ring (bicyclic) bond motifs is 6. The average Bonchev–Trinajstić information content (AvgIpc) is 3.76. The van der Waals surface area contributed by atoms with Crippen LogP contribution in [0.3, 0.4) is 0 Å². The molecule has 3 nitrogen and oxygen atoms in total. The number of hydrogen-bond donors (Lipinski definition) is 0. The SMILES string of the molecule is c1ccc(-c2ccc3sc4c(-c5ccc(-c6nc(-c7ccccc7)nc(-c7ccc8c(c7)sc7ccccc78)n6)cc5)cccc4c3c2)cc1. The van der Waals surface area contributed by atoms with Crippen LogP contribution in [0.1, 0.15) is 0 Å². The first-order chi connectivity index (χ1) is 24.7. The van der Waals surface area contributed by atoms with Crippen LogP contribution in [0.15, 0.2) is 164 Å². The Morgan fingerprint density at radius 1 is 0.300 bits per heavy atom. The summed E-state index contributed by atoms with van der Waals surface area (Å²) in [4.78, 5) is 15.0. The summed E-state index contributed by atoms with van der Waals surface area (Å²) >= 11 is 3.66. The average molecular weight is 674 g/mol. The topological polar surface area (TPSA) is 38.7 Å². The summed E-state index contributed by atoms with van der Waals surface area (Å²) in [6, 6.07) is 58.0. The maximum Gasteiger partial charge on any atom is 0.164 e. The van der Waals surface area contributed by atoms with Crippen LogP contribution in [0.5, 0.6) is 0 Å². The fourth-order valence-electron chi connectivity index (χ4n) is 6.85. The lowest BCUT2D eigenvalue weighted by Crippen LogP contribution is -2.00. The maximum absolute atomic E-state index is 5.06. The smallest absolute Gasteiger partial charge is 0.164 e. The summed E-state index contributed by atoms with van der Waals surface area (Å²) in [6.07, 6.45) is 0. The molecule has 0 unspecified atom stereocenters. The van der Waals surface area contributed by atoms with E-state index in [1.54, 1.807) is 11.3 Å². The van der Waals surface area contributed by atoms with E-state index in [0.717, 1.165) is 16.7 Å². The van der Waals surface area contributed by atoms with E-state index in [1.807, 2.05) is 29.5 Å². The third kappa shape index (κ3) is 4.98. The molecule has 0 aliphatic carbocycles. The van der Waals surface area contributed by atoms with Crippen molar-refractivity contribution >= 4 is 63.0 Å². The normalized spacial score (nSPS) is 11.6.